The number of amides is 3. The van der Waals surface area contributed by atoms with E-state index in [0.29, 0.717) is 12.3 Å². The van der Waals surface area contributed by atoms with Crippen molar-refractivity contribution >= 4 is 40.6 Å². The third kappa shape index (κ3) is 5.94. The van der Waals surface area contributed by atoms with Gasteiger partial charge in [-0.25, -0.2) is 0 Å². The lowest BCUT2D eigenvalue weighted by molar-refractivity contribution is -0.127. The number of nitrogens with zero attached hydrogens (tertiary/aromatic N) is 1. The molecule has 0 saturated carbocycles. The average Bonchev–Trinajstić information content (AvgIpc) is 3.09. The number of imide groups is 1. The minimum atomic E-state index is -0.474. The molecule has 34 heavy (non-hydrogen) atoms. The topological polar surface area (TPSA) is 75.7 Å². The molecule has 0 unspecified atom stereocenters. The van der Waals surface area contributed by atoms with Crippen LogP contribution in [0.3, 0.4) is 0 Å². The zero-order valence-corrected chi connectivity index (χ0v) is 19.5. The number of carbonyl (C=O) groups is 3. The molecule has 0 aromatic heterocycles. The van der Waals surface area contributed by atoms with Gasteiger partial charge in [-0.3, -0.25) is 19.3 Å². The van der Waals surface area contributed by atoms with Gasteiger partial charge >= 0.3 is 0 Å². The summed E-state index contributed by atoms with van der Waals surface area (Å²) in [5.41, 5.74) is 3.53. The molecule has 1 aliphatic rings. The van der Waals surface area contributed by atoms with Gasteiger partial charge < -0.3 is 10.1 Å². The van der Waals surface area contributed by atoms with E-state index in [0.717, 1.165) is 40.0 Å². The van der Waals surface area contributed by atoms with Crippen molar-refractivity contribution < 1.29 is 19.1 Å². The molecular weight excluding hydrogens is 448 g/mol. The number of thioether (sulfide) groups is 1. The molecule has 3 aromatic carbocycles. The van der Waals surface area contributed by atoms with E-state index >= 15 is 0 Å². The summed E-state index contributed by atoms with van der Waals surface area (Å²) in [6, 6.07) is 24.8. The summed E-state index contributed by atoms with van der Waals surface area (Å²) in [6.45, 7) is 2.11. The standard InChI is InChI=1S/C27H24N2O4S/c1-19-7-5-6-10-23(19)28-25(30)18-29-26(31)24(34-27(29)32)17-21-11-13-22(14-12-21)33-16-15-20-8-3-2-4-9-20/h2-14,17H,15-16,18H2,1H3,(H,28,30)/b24-17-. The molecule has 6 nitrogen and oxygen atoms in total. The van der Waals surface area contributed by atoms with E-state index in [9.17, 15) is 14.4 Å². The quantitative estimate of drug-likeness (QED) is 0.451. The SMILES string of the molecule is Cc1ccccc1NC(=O)CN1C(=O)S/C(=C\c2ccc(OCCc3ccccc3)cc2)C1=O. The second kappa shape index (κ2) is 10.9. The maximum absolute atomic E-state index is 12.7. The van der Waals surface area contributed by atoms with Crippen molar-refractivity contribution in [3.05, 3.63) is 100 Å². The predicted molar refractivity (Wildman–Crippen MR) is 135 cm³/mol. The number of hydrogen-bond acceptors (Lipinski definition) is 5. The highest BCUT2D eigenvalue weighted by molar-refractivity contribution is 8.18. The Morgan fingerprint density at radius 3 is 2.41 bits per heavy atom. The van der Waals surface area contributed by atoms with Crippen LogP contribution in [0.25, 0.3) is 6.08 Å². The summed E-state index contributed by atoms with van der Waals surface area (Å²) < 4.78 is 5.79. The lowest BCUT2D eigenvalue weighted by atomic mass is 10.2. The molecule has 4 rings (SSSR count). The van der Waals surface area contributed by atoms with Crippen LogP contribution < -0.4 is 10.1 Å². The number of carbonyl (C=O) groups excluding carboxylic acids is 3. The van der Waals surface area contributed by atoms with E-state index in [1.807, 2.05) is 67.6 Å². The van der Waals surface area contributed by atoms with Crippen LogP contribution in [-0.4, -0.2) is 35.1 Å². The number of hydrogen-bond donors (Lipinski definition) is 1. The summed E-state index contributed by atoms with van der Waals surface area (Å²) in [7, 11) is 0. The van der Waals surface area contributed by atoms with Gasteiger partial charge in [-0.1, -0.05) is 60.7 Å². The lowest BCUT2D eigenvalue weighted by Gasteiger charge is -2.13. The summed E-state index contributed by atoms with van der Waals surface area (Å²) in [5.74, 6) is -0.165. The first kappa shape index (κ1) is 23.3. The van der Waals surface area contributed by atoms with Crippen molar-refractivity contribution in [3.8, 4) is 5.75 Å². The number of rotatable bonds is 8. The normalized spacial score (nSPS) is 14.5. The van der Waals surface area contributed by atoms with Gasteiger partial charge in [0.25, 0.3) is 11.1 Å². The third-order valence-corrected chi connectivity index (χ3v) is 6.18. The summed E-state index contributed by atoms with van der Waals surface area (Å²) in [4.78, 5) is 38.7. The molecule has 0 atom stereocenters. The van der Waals surface area contributed by atoms with Crippen LogP contribution in [-0.2, 0) is 16.0 Å². The highest BCUT2D eigenvalue weighted by Gasteiger charge is 2.36. The number of aryl methyl sites for hydroxylation is 1. The van der Waals surface area contributed by atoms with Crippen LogP contribution in [0.2, 0.25) is 0 Å². The van der Waals surface area contributed by atoms with Gasteiger partial charge in [-0.05, 0) is 59.7 Å². The largest absolute Gasteiger partial charge is 0.493 e. The second-order valence-corrected chi connectivity index (χ2v) is 8.78. The van der Waals surface area contributed by atoms with E-state index in [-0.39, 0.29) is 11.4 Å². The van der Waals surface area contributed by atoms with Crippen LogP contribution >= 0.6 is 11.8 Å². The van der Waals surface area contributed by atoms with Crippen LogP contribution in [0, 0.1) is 6.92 Å². The zero-order chi connectivity index (χ0) is 23.9. The molecule has 172 valence electrons. The molecule has 7 heteroatoms. The first-order valence-electron chi connectivity index (χ1n) is 10.9. The fourth-order valence-electron chi connectivity index (χ4n) is 3.43. The van der Waals surface area contributed by atoms with Crippen molar-refractivity contribution in [2.75, 3.05) is 18.5 Å². The molecule has 1 aliphatic heterocycles. The number of anilines is 1. The van der Waals surface area contributed by atoms with Crippen molar-refractivity contribution in [3.63, 3.8) is 0 Å². The Hall–Kier alpha value is -3.84. The van der Waals surface area contributed by atoms with Gasteiger partial charge in [-0.2, -0.15) is 0 Å². The Morgan fingerprint density at radius 1 is 0.971 bits per heavy atom. The smallest absolute Gasteiger partial charge is 0.294 e. The molecule has 0 spiro atoms. The van der Waals surface area contributed by atoms with Crippen molar-refractivity contribution in [2.24, 2.45) is 0 Å². The summed E-state index contributed by atoms with van der Waals surface area (Å²) >= 11 is 0.831. The first-order chi connectivity index (χ1) is 16.5. The molecule has 3 amide bonds. The minimum absolute atomic E-state index is 0.284. The summed E-state index contributed by atoms with van der Waals surface area (Å²) in [6.07, 6.45) is 2.46. The zero-order valence-electron chi connectivity index (χ0n) is 18.7. The first-order valence-corrected chi connectivity index (χ1v) is 11.7. The van der Waals surface area contributed by atoms with E-state index in [1.54, 1.807) is 12.1 Å². The van der Waals surface area contributed by atoms with Crippen molar-refractivity contribution in [1.29, 1.82) is 0 Å². The fraction of sp³-hybridized carbons (Fsp3) is 0.148. The van der Waals surface area contributed by atoms with Crippen LogP contribution in [0.4, 0.5) is 10.5 Å². The molecule has 1 heterocycles. The van der Waals surface area contributed by atoms with Crippen LogP contribution in [0.15, 0.2) is 83.8 Å². The minimum Gasteiger partial charge on any atom is -0.493 e. The molecule has 0 bridgehead atoms. The Morgan fingerprint density at radius 2 is 1.68 bits per heavy atom. The van der Waals surface area contributed by atoms with E-state index in [2.05, 4.69) is 17.4 Å². The molecule has 3 aromatic rings. The predicted octanol–water partition coefficient (Wildman–Crippen LogP) is 5.29. The number of benzene rings is 3. The van der Waals surface area contributed by atoms with Crippen LogP contribution in [0.1, 0.15) is 16.7 Å². The van der Waals surface area contributed by atoms with Gasteiger partial charge in [0.2, 0.25) is 5.91 Å². The average molecular weight is 473 g/mol. The monoisotopic (exact) mass is 472 g/mol. The van der Waals surface area contributed by atoms with Gasteiger partial charge in [0.1, 0.15) is 12.3 Å². The van der Waals surface area contributed by atoms with Gasteiger partial charge in [0.15, 0.2) is 0 Å². The number of para-hydroxylation sites is 1. The molecule has 0 radical (unpaired) electrons. The molecule has 1 N–H and O–H groups in total. The van der Waals surface area contributed by atoms with Crippen LogP contribution in [0.5, 0.6) is 5.75 Å². The van der Waals surface area contributed by atoms with Crippen molar-refractivity contribution in [1.82, 2.24) is 4.90 Å². The maximum atomic E-state index is 12.7. The Labute approximate surface area is 202 Å². The lowest BCUT2D eigenvalue weighted by Crippen LogP contribution is -2.36. The van der Waals surface area contributed by atoms with Gasteiger partial charge in [0.05, 0.1) is 11.5 Å². The van der Waals surface area contributed by atoms with Gasteiger partial charge in [0, 0.05) is 12.1 Å². The third-order valence-electron chi connectivity index (χ3n) is 5.27. The Balaban J connectivity index is 1.33. The molecular formula is C27H24N2O4S. The second-order valence-electron chi connectivity index (χ2n) is 7.78. The number of nitrogens with one attached hydrogen (secondary N) is 1. The Bertz CT molecular complexity index is 1220. The maximum Gasteiger partial charge on any atom is 0.294 e. The fourth-order valence-corrected chi connectivity index (χ4v) is 4.26. The molecule has 1 fully saturated rings. The van der Waals surface area contributed by atoms with Crippen molar-refractivity contribution in [2.45, 2.75) is 13.3 Å². The highest BCUT2D eigenvalue weighted by Crippen LogP contribution is 2.32. The van der Waals surface area contributed by atoms with E-state index < -0.39 is 17.1 Å². The summed E-state index contributed by atoms with van der Waals surface area (Å²) in [5, 5.41) is 2.29. The molecule has 1 saturated heterocycles. The van der Waals surface area contributed by atoms with E-state index in [1.165, 1.54) is 5.56 Å². The van der Waals surface area contributed by atoms with E-state index in [4.69, 9.17) is 4.74 Å². The highest BCUT2D eigenvalue weighted by atomic mass is 32.2. The molecule has 0 aliphatic carbocycles. The Kier molecular flexibility index (Phi) is 7.44. The van der Waals surface area contributed by atoms with Gasteiger partial charge in [-0.15, -0.1) is 0 Å². The number of ether oxygens (including phenoxy) is 1.